The lowest BCUT2D eigenvalue weighted by molar-refractivity contribution is 0.0362. The zero-order chi connectivity index (χ0) is 14.7. The van der Waals surface area contributed by atoms with Crippen molar-refractivity contribution in [3.05, 3.63) is 0 Å². The van der Waals surface area contributed by atoms with E-state index in [1.165, 1.54) is 71.1 Å². The Labute approximate surface area is 131 Å². The largest absolute Gasteiger partial charge is 0.314 e. The van der Waals surface area contributed by atoms with Gasteiger partial charge in [0.2, 0.25) is 0 Å². The number of nitrogens with zero attached hydrogens (tertiary/aromatic N) is 2. The second-order valence-electron chi connectivity index (χ2n) is 7.68. The van der Waals surface area contributed by atoms with Crippen molar-refractivity contribution in [2.45, 2.75) is 64.0 Å². The van der Waals surface area contributed by atoms with Gasteiger partial charge in [-0.15, -0.1) is 0 Å². The van der Waals surface area contributed by atoms with E-state index in [1.807, 2.05) is 0 Å². The summed E-state index contributed by atoms with van der Waals surface area (Å²) in [5, 5.41) is 3.71. The molecule has 0 spiro atoms. The fourth-order valence-corrected chi connectivity index (χ4v) is 5.19. The molecule has 1 N–H and O–H groups in total. The summed E-state index contributed by atoms with van der Waals surface area (Å²) < 4.78 is 0. The van der Waals surface area contributed by atoms with E-state index in [0.717, 1.165) is 30.5 Å². The van der Waals surface area contributed by atoms with Gasteiger partial charge < -0.3 is 15.1 Å². The fraction of sp³-hybridized carbons (Fsp3) is 1.00. The number of piperidine rings is 2. The molecule has 2 saturated heterocycles. The zero-order valence-electron chi connectivity index (χ0n) is 14.2. The van der Waals surface area contributed by atoms with Crippen LogP contribution in [-0.2, 0) is 0 Å². The molecule has 0 aromatic carbocycles. The van der Waals surface area contributed by atoms with Gasteiger partial charge in [-0.3, -0.25) is 0 Å². The lowest BCUT2D eigenvalue weighted by Crippen LogP contribution is -2.52. The van der Waals surface area contributed by atoms with Crippen LogP contribution in [0.1, 0.15) is 51.9 Å². The Balaban J connectivity index is 1.44. The minimum Gasteiger partial charge on any atom is -0.314 e. The smallest absolute Gasteiger partial charge is 0.0145 e. The third-order valence-electron chi connectivity index (χ3n) is 6.37. The normalized spacial score (nSPS) is 38.6. The third kappa shape index (κ3) is 3.80. The summed E-state index contributed by atoms with van der Waals surface area (Å²) in [6, 6.07) is 1.70. The molecular formula is C18H35N3. The van der Waals surface area contributed by atoms with E-state index in [0.29, 0.717) is 0 Å². The average molecular weight is 293 g/mol. The molecule has 3 fully saturated rings. The van der Waals surface area contributed by atoms with E-state index in [4.69, 9.17) is 0 Å². The summed E-state index contributed by atoms with van der Waals surface area (Å²) in [5.74, 6) is 1.89. The fourth-order valence-electron chi connectivity index (χ4n) is 5.19. The Bertz CT molecular complexity index is 320. The summed E-state index contributed by atoms with van der Waals surface area (Å²) in [5.41, 5.74) is 0. The topological polar surface area (TPSA) is 18.5 Å². The minimum absolute atomic E-state index is 0.813. The van der Waals surface area contributed by atoms with Gasteiger partial charge in [0.1, 0.15) is 0 Å². The van der Waals surface area contributed by atoms with Gasteiger partial charge in [0, 0.05) is 18.6 Å². The van der Waals surface area contributed by atoms with Crippen LogP contribution in [0.4, 0.5) is 0 Å². The SMILES string of the molecule is CCNC1CCCC1CCN1CCC2C(CCCN2C)C1. The number of likely N-dealkylation sites (tertiary alicyclic amines) is 2. The van der Waals surface area contributed by atoms with Gasteiger partial charge in [0.25, 0.3) is 0 Å². The highest BCUT2D eigenvalue weighted by molar-refractivity contribution is 4.90. The first kappa shape index (κ1) is 15.8. The lowest BCUT2D eigenvalue weighted by atomic mass is 9.84. The Morgan fingerprint density at radius 2 is 1.95 bits per heavy atom. The number of hydrogen-bond donors (Lipinski definition) is 1. The lowest BCUT2D eigenvalue weighted by Gasteiger charge is -2.46. The van der Waals surface area contributed by atoms with Crippen molar-refractivity contribution in [2.24, 2.45) is 11.8 Å². The molecule has 3 aliphatic rings. The maximum atomic E-state index is 3.71. The molecule has 3 rings (SSSR count). The van der Waals surface area contributed by atoms with Gasteiger partial charge in [-0.05, 0) is 83.6 Å². The van der Waals surface area contributed by atoms with Crippen LogP contribution in [0.2, 0.25) is 0 Å². The van der Waals surface area contributed by atoms with Crippen molar-refractivity contribution < 1.29 is 0 Å². The van der Waals surface area contributed by atoms with Crippen molar-refractivity contribution in [1.82, 2.24) is 15.1 Å². The van der Waals surface area contributed by atoms with Gasteiger partial charge in [-0.1, -0.05) is 13.3 Å². The minimum atomic E-state index is 0.813. The van der Waals surface area contributed by atoms with Gasteiger partial charge in [0.15, 0.2) is 0 Å². The van der Waals surface area contributed by atoms with Crippen molar-refractivity contribution in [3.63, 3.8) is 0 Å². The quantitative estimate of drug-likeness (QED) is 0.840. The molecule has 0 aromatic heterocycles. The van der Waals surface area contributed by atoms with Crippen LogP contribution in [0.15, 0.2) is 0 Å². The van der Waals surface area contributed by atoms with Crippen molar-refractivity contribution in [3.8, 4) is 0 Å². The Kier molecular flexibility index (Phi) is 5.58. The summed E-state index contributed by atoms with van der Waals surface area (Å²) in [6.07, 6.45) is 10.0. The number of rotatable bonds is 5. The number of fused-ring (bicyclic) bond motifs is 1. The molecular weight excluding hydrogens is 258 g/mol. The molecule has 0 amide bonds. The number of nitrogens with one attached hydrogen (secondary N) is 1. The molecule has 1 aliphatic carbocycles. The van der Waals surface area contributed by atoms with Crippen LogP contribution in [0.5, 0.6) is 0 Å². The monoisotopic (exact) mass is 293 g/mol. The highest BCUT2D eigenvalue weighted by Gasteiger charge is 2.34. The molecule has 3 heteroatoms. The van der Waals surface area contributed by atoms with Crippen molar-refractivity contribution in [2.75, 3.05) is 39.8 Å². The maximum Gasteiger partial charge on any atom is 0.0145 e. The van der Waals surface area contributed by atoms with Crippen LogP contribution >= 0.6 is 0 Å². The van der Waals surface area contributed by atoms with Gasteiger partial charge >= 0.3 is 0 Å². The van der Waals surface area contributed by atoms with Crippen LogP contribution in [0.3, 0.4) is 0 Å². The first-order valence-corrected chi connectivity index (χ1v) is 9.44. The van der Waals surface area contributed by atoms with E-state index in [9.17, 15) is 0 Å². The van der Waals surface area contributed by atoms with Gasteiger partial charge in [0.05, 0.1) is 0 Å². The summed E-state index contributed by atoms with van der Waals surface area (Å²) >= 11 is 0. The Morgan fingerprint density at radius 3 is 2.81 bits per heavy atom. The van der Waals surface area contributed by atoms with Crippen molar-refractivity contribution >= 4 is 0 Å². The second-order valence-corrected chi connectivity index (χ2v) is 7.68. The predicted molar refractivity (Wildman–Crippen MR) is 89.6 cm³/mol. The molecule has 21 heavy (non-hydrogen) atoms. The van der Waals surface area contributed by atoms with Crippen LogP contribution in [0, 0.1) is 11.8 Å². The Hall–Kier alpha value is -0.120. The standard InChI is InChI=1S/C18H35N3/c1-3-19-17-8-4-6-15(17)9-12-21-13-10-18-16(14-21)7-5-11-20(18)2/h15-19H,3-14H2,1-2H3. The molecule has 2 heterocycles. The maximum absolute atomic E-state index is 3.71. The number of hydrogen-bond acceptors (Lipinski definition) is 3. The molecule has 4 unspecified atom stereocenters. The molecule has 0 bridgehead atoms. The average Bonchev–Trinajstić information content (AvgIpc) is 2.93. The second kappa shape index (κ2) is 7.43. The van der Waals surface area contributed by atoms with Crippen LogP contribution in [0.25, 0.3) is 0 Å². The van der Waals surface area contributed by atoms with E-state index in [-0.39, 0.29) is 0 Å². The third-order valence-corrected chi connectivity index (χ3v) is 6.37. The molecule has 4 atom stereocenters. The molecule has 0 aromatic rings. The van der Waals surface area contributed by atoms with Gasteiger partial charge in [-0.2, -0.15) is 0 Å². The molecule has 2 aliphatic heterocycles. The molecule has 0 radical (unpaired) electrons. The summed E-state index contributed by atoms with van der Waals surface area (Å²) in [4.78, 5) is 5.41. The Morgan fingerprint density at radius 1 is 1.05 bits per heavy atom. The molecule has 122 valence electrons. The van der Waals surface area contributed by atoms with Gasteiger partial charge in [-0.25, -0.2) is 0 Å². The first-order chi connectivity index (χ1) is 10.3. The molecule has 1 saturated carbocycles. The van der Waals surface area contributed by atoms with Crippen LogP contribution < -0.4 is 5.32 Å². The highest BCUT2D eigenvalue weighted by atomic mass is 15.2. The summed E-state index contributed by atoms with van der Waals surface area (Å²) in [7, 11) is 2.34. The van der Waals surface area contributed by atoms with Crippen LogP contribution in [-0.4, -0.2) is 61.7 Å². The molecule has 3 nitrogen and oxygen atoms in total. The van der Waals surface area contributed by atoms with E-state index in [1.54, 1.807) is 0 Å². The first-order valence-electron chi connectivity index (χ1n) is 9.44. The highest BCUT2D eigenvalue weighted by Crippen LogP contribution is 2.32. The van der Waals surface area contributed by atoms with Crippen molar-refractivity contribution in [1.29, 1.82) is 0 Å². The van der Waals surface area contributed by atoms with E-state index in [2.05, 4.69) is 29.1 Å². The van der Waals surface area contributed by atoms with E-state index < -0.39 is 0 Å². The zero-order valence-corrected chi connectivity index (χ0v) is 14.2. The predicted octanol–water partition coefficient (Wildman–Crippen LogP) is 2.57. The van der Waals surface area contributed by atoms with E-state index >= 15 is 0 Å². The summed E-state index contributed by atoms with van der Waals surface area (Å²) in [6.45, 7) is 8.77.